The monoisotopic (exact) mass is 420 g/mol. The van der Waals surface area contributed by atoms with E-state index >= 15 is 0 Å². The number of pyridine rings is 1. The summed E-state index contributed by atoms with van der Waals surface area (Å²) in [5, 5.41) is 0.258. The van der Waals surface area contributed by atoms with Gasteiger partial charge < -0.3 is 4.74 Å². The molecule has 0 saturated carbocycles. The van der Waals surface area contributed by atoms with Crippen LogP contribution in [0.5, 0.6) is 0 Å². The highest BCUT2D eigenvalue weighted by Crippen LogP contribution is 2.25. The number of rotatable bonds is 6. The number of hydrogen-bond acceptors (Lipinski definition) is 5. The molecule has 0 aliphatic carbocycles. The molecule has 0 spiro atoms. The SMILES string of the molecule is O=C(OCc1cccnc1Cl)c1ccc2c(c1)C(=O)N(CCc1ccccc1)C2=O. The van der Waals surface area contributed by atoms with Crippen LogP contribution in [-0.4, -0.2) is 34.2 Å². The molecule has 0 radical (unpaired) electrons. The number of benzene rings is 2. The van der Waals surface area contributed by atoms with E-state index in [1.54, 1.807) is 18.3 Å². The molecule has 1 aromatic heterocycles. The Morgan fingerprint density at radius 2 is 1.73 bits per heavy atom. The zero-order chi connectivity index (χ0) is 21.1. The summed E-state index contributed by atoms with van der Waals surface area (Å²) in [6.45, 7) is 0.230. The number of aromatic nitrogens is 1. The Morgan fingerprint density at radius 3 is 2.50 bits per heavy atom. The van der Waals surface area contributed by atoms with Gasteiger partial charge in [-0.2, -0.15) is 0 Å². The van der Waals surface area contributed by atoms with Crippen LogP contribution in [0.3, 0.4) is 0 Å². The highest BCUT2D eigenvalue weighted by Gasteiger charge is 2.35. The number of imide groups is 1. The van der Waals surface area contributed by atoms with Crippen LogP contribution in [0.4, 0.5) is 0 Å². The van der Waals surface area contributed by atoms with E-state index in [0.29, 0.717) is 17.5 Å². The van der Waals surface area contributed by atoms with Crippen molar-refractivity contribution in [1.29, 1.82) is 0 Å². The van der Waals surface area contributed by atoms with Crippen LogP contribution < -0.4 is 0 Å². The van der Waals surface area contributed by atoms with Crippen molar-refractivity contribution in [3.8, 4) is 0 Å². The van der Waals surface area contributed by atoms with Gasteiger partial charge in [-0.1, -0.05) is 48.0 Å². The van der Waals surface area contributed by atoms with E-state index in [2.05, 4.69) is 4.98 Å². The number of ether oxygens (including phenoxy) is 1. The van der Waals surface area contributed by atoms with E-state index in [4.69, 9.17) is 16.3 Å². The molecular weight excluding hydrogens is 404 g/mol. The van der Waals surface area contributed by atoms with Gasteiger partial charge in [-0.05, 0) is 36.2 Å². The third-order valence-electron chi connectivity index (χ3n) is 4.87. The average Bonchev–Trinajstić information content (AvgIpc) is 3.01. The maximum atomic E-state index is 12.8. The van der Waals surface area contributed by atoms with Crippen LogP contribution in [0.25, 0.3) is 0 Å². The molecule has 4 rings (SSSR count). The lowest BCUT2D eigenvalue weighted by atomic mass is 10.1. The van der Waals surface area contributed by atoms with Crippen molar-refractivity contribution in [2.24, 2.45) is 0 Å². The first kappa shape index (κ1) is 19.8. The second-order valence-corrected chi connectivity index (χ2v) is 7.15. The number of fused-ring (bicyclic) bond motifs is 1. The zero-order valence-electron chi connectivity index (χ0n) is 15.9. The fourth-order valence-electron chi connectivity index (χ4n) is 3.26. The maximum Gasteiger partial charge on any atom is 0.338 e. The van der Waals surface area contributed by atoms with Crippen LogP contribution in [0.2, 0.25) is 5.15 Å². The first-order valence-corrected chi connectivity index (χ1v) is 9.73. The zero-order valence-corrected chi connectivity index (χ0v) is 16.6. The molecule has 0 bridgehead atoms. The van der Waals surface area contributed by atoms with E-state index in [-0.39, 0.29) is 35.3 Å². The summed E-state index contributed by atoms with van der Waals surface area (Å²) < 4.78 is 5.28. The van der Waals surface area contributed by atoms with Crippen molar-refractivity contribution in [2.45, 2.75) is 13.0 Å². The van der Waals surface area contributed by atoms with Gasteiger partial charge in [-0.25, -0.2) is 9.78 Å². The van der Waals surface area contributed by atoms with Gasteiger partial charge in [-0.3, -0.25) is 14.5 Å². The second kappa shape index (κ2) is 8.47. The van der Waals surface area contributed by atoms with Crippen LogP contribution >= 0.6 is 11.6 Å². The molecule has 0 saturated heterocycles. The Hall–Kier alpha value is -3.51. The van der Waals surface area contributed by atoms with Crippen LogP contribution in [0, 0.1) is 0 Å². The van der Waals surface area contributed by atoms with Gasteiger partial charge in [0, 0.05) is 18.3 Å². The smallest absolute Gasteiger partial charge is 0.338 e. The minimum Gasteiger partial charge on any atom is -0.457 e. The lowest BCUT2D eigenvalue weighted by molar-refractivity contribution is 0.0472. The molecule has 6 nitrogen and oxygen atoms in total. The molecule has 0 unspecified atom stereocenters. The molecule has 2 heterocycles. The first-order valence-electron chi connectivity index (χ1n) is 9.35. The van der Waals surface area contributed by atoms with Gasteiger partial charge in [0.2, 0.25) is 0 Å². The minimum absolute atomic E-state index is 0.0430. The van der Waals surface area contributed by atoms with Gasteiger partial charge in [0.05, 0.1) is 16.7 Å². The molecule has 30 heavy (non-hydrogen) atoms. The summed E-state index contributed by atoms with van der Waals surface area (Å²) >= 11 is 5.97. The number of esters is 1. The third-order valence-corrected chi connectivity index (χ3v) is 5.21. The van der Waals surface area contributed by atoms with Gasteiger partial charge in [0.25, 0.3) is 11.8 Å². The fraction of sp³-hybridized carbons (Fsp3) is 0.130. The molecule has 1 aliphatic rings. The quantitative estimate of drug-likeness (QED) is 0.343. The topological polar surface area (TPSA) is 76.6 Å². The lowest BCUT2D eigenvalue weighted by Crippen LogP contribution is -2.31. The molecule has 7 heteroatoms. The molecular formula is C23H17ClN2O4. The standard InChI is InChI=1S/C23H17ClN2O4/c24-20-17(7-4-11-25-20)14-30-23(29)16-8-9-18-19(13-16)22(28)26(21(18)27)12-10-15-5-2-1-3-6-15/h1-9,11,13H,10,12,14H2. The second-order valence-electron chi connectivity index (χ2n) is 6.79. The summed E-state index contributed by atoms with van der Waals surface area (Å²) in [7, 11) is 0. The van der Waals surface area contributed by atoms with Crippen molar-refractivity contribution in [3.63, 3.8) is 0 Å². The molecule has 0 atom stereocenters. The largest absolute Gasteiger partial charge is 0.457 e. The number of carbonyl (C=O) groups is 3. The number of halogens is 1. The van der Waals surface area contributed by atoms with Crippen molar-refractivity contribution in [3.05, 3.63) is 99.8 Å². The predicted octanol–water partition coefficient (Wildman–Crippen LogP) is 3.93. The summed E-state index contributed by atoms with van der Waals surface area (Å²) in [5.74, 6) is -1.37. The molecule has 1 aliphatic heterocycles. The molecule has 3 aromatic rings. The predicted molar refractivity (Wildman–Crippen MR) is 110 cm³/mol. The summed E-state index contributed by atoms with van der Waals surface area (Å²) in [6.07, 6.45) is 2.10. The summed E-state index contributed by atoms with van der Waals surface area (Å²) in [6, 6.07) is 17.4. The van der Waals surface area contributed by atoms with Crippen LogP contribution in [0.15, 0.2) is 66.9 Å². The van der Waals surface area contributed by atoms with E-state index in [1.807, 2.05) is 30.3 Å². The van der Waals surface area contributed by atoms with E-state index in [1.165, 1.54) is 23.1 Å². The van der Waals surface area contributed by atoms with Gasteiger partial charge in [0.1, 0.15) is 11.8 Å². The molecule has 150 valence electrons. The highest BCUT2D eigenvalue weighted by molar-refractivity contribution is 6.30. The molecule has 2 aromatic carbocycles. The van der Waals surface area contributed by atoms with Crippen molar-refractivity contribution in [1.82, 2.24) is 9.88 Å². The Morgan fingerprint density at radius 1 is 0.967 bits per heavy atom. The number of nitrogens with zero attached hydrogens (tertiary/aromatic N) is 2. The third kappa shape index (κ3) is 3.95. The summed E-state index contributed by atoms with van der Waals surface area (Å²) in [4.78, 5) is 42.9. The molecule has 0 N–H and O–H groups in total. The first-order chi connectivity index (χ1) is 14.5. The highest BCUT2D eigenvalue weighted by atomic mass is 35.5. The lowest BCUT2D eigenvalue weighted by Gasteiger charge is -2.13. The normalized spacial score (nSPS) is 12.8. The van der Waals surface area contributed by atoms with E-state index in [9.17, 15) is 14.4 Å². The van der Waals surface area contributed by atoms with E-state index < -0.39 is 11.9 Å². The Balaban J connectivity index is 1.46. The maximum absolute atomic E-state index is 12.8. The fourth-order valence-corrected chi connectivity index (χ4v) is 3.43. The van der Waals surface area contributed by atoms with Crippen LogP contribution in [0.1, 0.15) is 42.2 Å². The van der Waals surface area contributed by atoms with Crippen molar-refractivity contribution >= 4 is 29.4 Å². The van der Waals surface area contributed by atoms with Gasteiger partial charge >= 0.3 is 5.97 Å². The Labute approximate surface area is 178 Å². The summed E-state index contributed by atoms with van der Waals surface area (Å²) in [5.41, 5.74) is 2.31. The van der Waals surface area contributed by atoms with Crippen molar-refractivity contribution in [2.75, 3.05) is 6.54 Å². The van der Waals surface area contributed by atoms with Gasteiger partial charge in [-0.15, -0.1) is 0 Å². The van der Waals surface area contributed by atoms with Crippen molar-refractivity contribution < 1.29 is 19.1 Å². The van der Waals surface area contributed by atoms with Crippen LogP contribution in [-0.2, 0) is 17.8 Å². The van der Waals surface area contributed by atoms with Gasteiger partial charge in [0.15, 0.2) is 0 Å². The number of amides is 2. The Bertz CT molecular complexity index is 1130. The number of carbonyl (C=O) groups excluding carboxylic acids is 3. The minimum atomic E-state index is -0.610. The molecule has 0 fully saturated rings. The molecule has 2 amide bonds. The van der Waals surface area contributed by atoms with E-state index in [0.717, 1.165) is 5.56 Å². The number of hydrogen-bond donors (Lipinski definition) is 0. The average molecular weight is 421 g/mol. The Kier molecular flexibility index (Phi) is 5.59.